The first-order valence-corrected chi connectivity index (χ1v) is 4.23. The van der Waals surface area contributed by atoms with Crippen LogP contribution in [0.3, 0.4) is 0 Å². The first-order valence-electron chi connectivity index (χ1n) is 4.23. The van der Waals surface area contributed by atoms with Crippen LogP contribution >= 0.6 is 0 Å². The summed E-state index contributed by atoms with van der Waals surface area (Å²) in [7, 11) is 0. The molecule has 1 aliphatic rings. The predicted molar refractivity (Wildman–Crippen MR) is 47.2 cm³/mol. The number of halogens is 3. The normalized spacial score (nSPS) is 15.9. The molecule has 1 heterocycles. The average Bonchev–Trinajstić information content (AvgIpc) is 2.15. The molecule has 3 nitrogen and oxygen atoms in total. The number of nitrogens with zero attached hydrogens (tertiary/aromatic N) is 1. The van der Waals surface area contributed by atoms with E-state index in [-0.39, 0.29) is 17.1 Å². The van der Waals surface area contributed by atoms with Crippen molar-refractivity contribution in [2.75, 3.05) is 4.90 Å². The van der Waals surface area contributed by atoms with Gasteiger partial charge in [0.2, 0.25) is 0 Å². The number of fused-ring (bicyclic) bond motifs is 1. The fourth-order valence-corrected chi connectivity index (χ4v) is 1.49. The highest BCUT2D eigenvalue weighted by molar-refractivity contribution is 5.95. The minimum absolute atomic E-state index is 0.103. The highest BCUT2D eigenvalue weighted by Gasteiger charge is 2.44. The molecule has 2 rings (SSSR count). The van der Waals surface area contributed by atoms with Crippen LogP contribution in [0.5, 0.6) is 0 Å². The van der Waals surface area contributed by atoms with Gasteiger partial charge < -0.3 is 5.32 Å². The fraction of sp³-hybridized carbons (Fsp3) is 0.222. The van der Waals surface area contributed by atoms with Crippen molar-refractivity contribution in [2.24, 2.45) is 0 Å². The van der Waals surface area contributed by atoms with Crippen molar-refractivity contribution >= 4 is 11.7 Å². The summed E-state index contributed by atoms with van der Waals surface area (Å²) in [6.45, 7) is 0.127. The molecule has 1 aromatic carbocycles. The number of anilines is 1. The number of carbonyl (C=O) groups is 1. The molecular formula is C9H7F3N2O. The third-order valence-electron chi connectivity index (χ3n) is 2.12. The summed E-state index contributed by atoms with van der Waals surface area (Å²) >= 11 is 0. The van der Waals surface area contributed by atoms with E-state index in [0.29, 0.717) is 5.56 Å². The quantitative estimate of drug-likeness (QED) is 0.662. The van der Waals surface area contributed by atoms with Crippen LogP contribution in [-0.2, 0) is 6.54 Å². The minimum Gasteiger partial charge on any atom is -0.333 e. The third-order valence-corrected chi connectivity index (χ3v) is 2.12. The Kier molecular flexibility index (Phi) is 2.06. The average molecular weight is 216 g/mol. The van der Waals surface area contributed by atoms with Crippen LogP contribution in [-0.4, -0.2) is 12.3 Å². The number of carbonyl (C=O) groups excluding carboxylic acids is 1. The molecule has 0 saturated heterocycles. The number of nitrogens with one attached hydrogen (secondary N) is 1. The van der Waals surface area contributed by atoms with Crippen LogP contribution < -0.4 is 10.2 Å². The van der Waals surface area contributed by atoms with Crippen molar-refractivity contribution < 1.29 is 18.0 Å². The Bertz CT molecular complexity index is 403. The molecule has 0 aliphatic carbocycles. The number of alkyl halides is 3. The maximum absolute atomic E-state index is 12.5. The van der Waals surface area contributed by atoms with E-state index >= 15 is 0 Å². The summed E-state index contributed by atoms with van der Waals surface area (Å²) in [5.74, 6) is 0. The van der Waals surface area contributed by atoms with Crippen molar-refractivity contribution in [1.29, 1.82) is 0 Å². The Morgan fingerprint density at radius 3 is 2.60 bits per heavy atom. The zero-order chi connectivity index (χ0) is 11.1. The van der Waals surface area contributed by atoms with Gasteiger partial charge in [-0.1, -0.05) is 18.2 Å². The highest BCUT2D eigenvalue weighted by atomic mass is 19.4. The summed E-state index contributed by atoms with van der Waals surface area (Å²) in [5.41, 5.74) is 0.350. The molecule has 0 aromatic heterocycles. The molecule has 0 radical (unpaired) electrons. The number of amides is 2. The van der Waals surface area contributed by atoms with Crippen LogP contribution in [0, 0.1) is 0 Å². The number of para-hydroxylation sites is 1. The lowest BCUT2D eigenvalue weighted by molar-refractivity contribution is -0.121. The van der Waals surface area contributed by atoms with Gasteiger partial charge in [-0.05, 0) is 11.6 Å². The van der Waals surface area contributed by atoms with Crippen LogP contribution in [0.15, 0.2) is 24.3 Å². The molecule has 80 valence electrons. The van der Waals surface area contributed by atoms with Crippen LogP contribution in [0.1, 0.15) is 5.56 Å². The van der Waals surface area contributed by atoms with Gasteiger partial charge in [0.25, 0.3) is 0 Å². The van der Waals surface area contributed by atoms with Gasteiger partial charge in [-0.15, -0.1) is 13.2 Å². The maximum Gasteiger partial charge on any atom is 0.493 e. The highest BCUT2D eigenvalue weighted by Crippen LogP contribution is 2.33. The molecule has 6 heteroatoms. The summed E-state index contributed by atoms with van der Waals surface area (Å²) in [6.07, 6.45) is -4.69. The van der Waals surface area contributed by atoms with Crippen molar-refractivity contribution in [3.05, 3.63) is 29.8 Å². The van der Waals surface area contributed by atoms with Gasteiger partial charge in [0.05, 0.1) is 5.69 Å². The summed E-state index contributed by atoms with van der Waals surface area (Å²) < 4.78 is 37.6. The standard InChI is InChI=1S/C9H7F3N2O/c10-9(11,12)14-7-4-2-1-3-6(7)5-13-8(14)15/h1-4H,5H2,(H,13,15). The fourth-order valence-electron chi connectivity index (χ4n) is 1.49. The number of urea groups is 1. The van der Waals surface area contributed by atoms with Crippen LogP contribution in [0.25, 0.3) is 0 Å². The smallest absolute Gasteiger partial charge is 0.333 e. The number of rotatable bonds is 0. The first kappa shape index (κ1) is 9.82. The van der Waals surface area contributed by atoms with E-state index in [1.807, 2.05) is 0 Å². The van der Waals surface area contributed by atoms with Crippen LogP contribution in [0.2, 0.25) is 0 Å². The molecular weight excluding hydrogens is 209 g/mol. The first-order chi connectivity index (χ1) is 7.00. The summed E-state index contributed by atoms with van der Waals surface area (Å²) in [6, 6.07) is 4.79. The third kappa shape index (κ3) is 1.62. The zero-order valence-corrected chi connectivity index (χ0v) is 7.51. The van der Waals surface area contributed by atoms with Gasteiger partial charge in [0, 0.05) is 6.54 Å². The molecule has 0 fully saturated rings. The molecule has 0 bridgehead atoms. The van der Waals surface area contributed by atoms with Crippen molar-refractivity contribution in [3.63, 3.8) is 0 Å². The van der Waals surface area contributed by atoms with E-state index in [0.717, 1.165) is 0 Å². The molecule has 15 heavy (non-hydrogen) atoms. The zero-order valence-electron chi connectivity index (χ0n) is 7.51. The Labute approximate surface area is 83.5 Å². The van der Waals surface area contributed by atoms with E-state index in [1.54, 1.807) is 12.1 Å². The summed E-state index contributed by atoms with van der Waals surface area (Å²) in [4.78, 5) is 10.9. The van der Waals surface area contributed by atoms with Gasteiger partial charge in [0.1, 0.15) is 0 Å². The Hall–Kier alpha value is -1.72. The second-order valence-corrected chi connectivity index (χ2v) is 3.09. The lowest BCUT2D eigenvalue weighted by Gasteiger charge is -2.30. The number of hydrogen-bond donors (Lipinski definition) is 1. The van der Waals surface area contributed by atoms with E-state index in [9.17, 15) is 18.0 Å². The van der Waals surface area contributed by atoms with Crippen molar-refractivity contribution in [3.8, 4) is 0 Å². The molecule has 2 amide bonds. The minimum atomic E-state index is -4.69. The van der Waals surface area contributed by atoms with Crippen molar-refractivity contribution in [2.45, 2.75) is 12.8 Å². The molecule has 1 aromatic rings. The second kappa shape index (κ2) is 3.15. The number of benzene rings is 1. The lowest BCUT2D eigenvalue weighted by Crippen LogP contribution is -2.51. The van der Waals surface area contributed by atoms with Gasteiger partial charge in [-0.2, -0.15) is 0 Å². The Balaban J connectivity index is 2.51. The molecule has 0 saturated carbocycles. The Morgan fingerprint density at radius 1 is 1.27 bits per heavy atom. The summed E-state index contributed by atoms with van der Waals surface area (Å²) in [5, 5.41) is 2.16. The van der Waals surface area contributed by atoms with Gasteiger partial charge in [-0.25, -0.2) is 9.69 Å². The topological polar surface area (TPSA) is 32.3 Å². The van der Waals surface area contributed by atoms with E-state index in [4.69, 9.17) is 0 Å². The van der Waals surface area contributed by atoms with Crippen LogP contribution in [0.4, 0.5) is 23.7 Å². The molecule has 0 unspecified atom stereocenters. The van der Waals surface area contributed by atoms with Gasteiger partial charge in [0.15, 0.2) is 0 Å². The molecule has 1 aliphatic heterocycles. The van der Waals surface area contributed by atoms with E-state index in [1.165, 1.54) is 12.1 Å². The maximum atomic E-state index is 12.5. The lowest BCUT2D eigenvalue weighted by atomic mass is 10.1. The van der Waals surface area contributed by atoms with Gasteiger partial charge >= 0.3 is 12.3 Å². The molecule has 1 N–H and O–H groups in total. The largest absolute Gasteiger partial charge is 0.493 e. The van der Waals surface area contributed by atoms with Gasteiger partial charge in [-0.3, -0.25) is 0 Å². The second-order valence-electron chi connectivity index (χ2n) is 3.09. The van der Waals surface area contributed by atoms with E-state index < -0.39 is 12.3 Å². The Morgan fingerprint density at radius 2 is 1.93 bits per heavy atom. The van der Waals surface area contributed by atoms with E-state index in [2.05, 4.69) is 5.32 Å². The van der Waals surface area contributed by atoms with Crippen molar-refractivity contribution in [1.82, 2.24) is 5.32 Å². The monoisotopic (exact) mass is 216 g/mol. The number of hydrogen-bond acceptors (Lipinski definition) is 1. The molecule has 0 spiro atoms. The predicted octanol–water partition coefficient (Wildman–Crippen LogP) is 2.24. The SMILES string of the molecule is O=C1NCc2ccccc2N1C(F)(F)F. The molecule has 0 atom stereocenters.